The zero-order chi connectivity index (χ0) is 21.0. The van der Waals surface area contributed by atoms with Crippen molar-refractivity contribution < 1.29 is 18.1 Å². The highest BCUT2D eigenvalue weighted by Crippen LogP contribution is 2.50. The van der Waals surface area contributed by atoms with Gasteiger partial charge < -0.3 is 13.6 Å². The van der Waals surface area contributed by atoms with Crippen molar-refractivity contribution in [3.05, 3.63) is 93.6 Å². The molecule has 0 fully saturated rings. The first kappa shape index (κ1) is 20.8. The Morgan fingerprint density at radius 2 is 1.43 bits per heavy atom. The van der Waals surface area contributed by atoms with E-state index in [2.05, 4.69) is 0 Å². The topological polar surface area (TPSA) is 44.8 Å². The van der Waals surface area contributed by atoms with Gasteiger partial charge in [-0.1, -0.05) is 81.4 Å². The molecule has 0 saturated carbocycles. The lowest BCUT2D eigenvalue weighted by molar-refractivity contribution is 0.298. The summed E-state index contributed by atoms with van der Waals surface area (Å²) in [5.74, 6) is 1.20. The smallest absolute Gasteiger partial charge is 0.386 e. The number of phosphoric acid groups is 1. The van der Waals surface area contributed by atoms with Crippen LogP contribution in [0.1, 0.15) is 5.56 Å². The Bertz CT molecular complexity index is 1230. The summed E-state index contributed by atoms with van der Waals surface area (Å²) in [6.07, 6.45) is 0. The van der Waals surface area contributed by atoms with Crippen molar-refractivity contribution in [2.75, 3.05) is 0 Å². The molecule has 0 bridgehead atoms. The van der Waals surface area contributed by atoms with Gasteiger partial charge >= 0.3 is 7.82 Å². The van der Waals surface area contributed by atoms with Gasteiger partial charge in [-0.2, -0.15) is 4.57 Å². The zero-order valence-electron chi connectivity index (χ0n) is 15.9. The number of para-hydroxylation sites is 2. The van der Waals surface area contributed by atoms with Gasteiger partial charge in [0.25, 0.3) is 0 Å². The predicted molar refractivity (Wildman–Crippen MR) is 126 cm³/mol. The van der Waals surface area contributed by atoms with Crippen LogP contribution < -0.4 is 13.6 Å². The Kier molecular flexibility index (Phi) is 6.35. The van der Waals surface area contributed by atoms with Crippen molar-refractivity contribution >= 4 is 40.7 Å². The number of benzene rings is 3. The molecule has 1 unspecified atom stereocenters. The summed E-state index contributed by atoms with van der Waals surface area (Å²) < 4.78 is 31.6. The summed E-state index contributed by atoms with van der Waals surface area (Å²) in [6.45, 7) is 1.87. The molecule has 152 valence electrons. The standard InChI is InChI=1S/C22H17O4PS3/c1-16-7-5-6-10-21(16)26-27(23,24-18-8-3-2-4-9-18)25-19-13-11-17(12-14-19)20-15-29-30-22(20)28/h2-15H,1H3. The molecular weight excluding hydrogens is 455 g/mol. The van der Waals surface area contributed by atoms with Gasteiger partial charge in [-0.15, -0.1) is 0 Å². The van der Waals surface area contributed by atoms with Gasteiger partial charge in [0.1, 0.15) is 21.1 Å². The van der Waals surface area contributed by atoms with Gasteiger partial charge in [0.15, 0.2) is 0 Å². The van der Waals surface area contributed by atoms with E-state index in [1.165, 1.54) is 0 Å². The lowest BCUT2D eigenvalue weighted by Gasteiger charge is -2.20. The van der Waals surface area contributed by atoms with Crippen LogP contribution in [0.15, 0.2) is 84.2 Å². The zero-order valence-corrected chi connectivity index (χ0v) is 19.2. The Labute approximate surface area is 187 Å². The highest BCUT2D eigenvalue weighted by molar-refractivity contribution is 7.79. The molecule has 1 atom stereocenters. The summed E-state index contributed by atoms with van der Waals surface area (Å²) in [6, 6.07) is 23.3. The van der Waals surface area contributed by atoms with Gasteiger partial charge in [-0.05, 0) is 48.4 Å². The van der Waals surface area contributed by atoms with Gasteiger partial charge in [0.2, 0.25) is 0 Å². The molecule has 0 spiro atoms. The lowest BCUT2D eigenvalue weighted by atomic mass is 10.1. The molecule has 0 aliphatic carbocycles. The van der Waals surface area contributed by atoms with Crippen molar-refractivity contribution in [3.8, 4) is 28.4 Å². The largest absolute Gasteiger partial charge is 0.647 e. The van der Waals surface area contributed by atoms with Crippen LogP contribution >= 0.6 is 40.7 Å². The summed E-state index contributed by atoms with van der Waals surface area (Å²) in [4.78, 5) is 0. The van der Waals surface area contributed by atoms with Crippen molar-refractivity contribution in [1.82, 2.24) is 0 Å². The van der Waals surface area contributed by atoms with Crippen LogP contribution in [-0.2, 0) is 4.57 Å². The molecule has 30 heavy (non-hydrogen) atoms. The van der Waals surface area contributed by atoms with Crippen molar-refractivity contribution in [1.29, 1.82) is 0 Å². The molecule has 0 aliphatic rings. The van der Waals surface area contributed by atoms with Crippen LogP contribution in [0.25, 0.3) is 11.1 Å². The van der Waals surface area contributed by atoms with Crippen LogP contribution in [0.4, 0.5) is 0 Å². The molecule has 1 aromatic heterocycles. The highest BCUT2D eigenvalue weighted by Gasteiger charge is 2.33. The minimum Gasteiger partial charge on any atom is -0.386 e. The maximum atomic E-state index is 13.6. The van der Waals surface area contributed by atoms with Gasteiger partial charge in [-0.25, -0.2) is 0 Å². The second-order valence-electron chi connectivity index (χ2n) is 6.32. The number of phosphoric ester groups is 1. The number of hydrogen-bond donors (Lipinski definition) is 0. The third-order valence-electron chi connectivity index (χ3n) is 4.16. The van der Waals surface area contributed by atoms with Crippen molar-refractivity contribution in [2.24, 2.45) is 0 Å². The van der Waals surface area contributed by atoms with Crippen molar-refractivity contribution in [2.45, 2.75) is 6.92 Å². The van der Waals surface area contributed by atoms with Crippen LogP contribution in [-0.4, -0.2) is 0 Å². The van der Waals surface area contributed by atoms with Crippen LogP contribution in [0.2, 0.25) is 0 Å². The second-order valence-corrected chi connectivity index (χ2v) is 10.5. The molecule has 4 aromatic rings. The Morgan fingerprint density at radius 3 is 2.07 bits per heavy atom. The first-order chi connectivity index (χ1) is 14.5. The van der Waals surface area contributed by atoms with E-state index < -0.39 is 7.82 Å². The van der Waals surface area contributed by atoms with E-state index in [0.717, 1.165) is 20.5 Å². The van der Waals surface area contributed by atoms with E-state index >= 15 is 0 Å². The Hall–Kier alpha value is -2.44. The van der Waals surface area contributed by atoms with Crippen LogP contribution in [0.5, 0.6) is 17.2 Å². The quantitative estimate of drug-likeness (QED) is 0.154. The predicted octanol–water partition coefficient (Wildman–Crippen LogP) is 8.16. The molecule has 0 amide bonds. The molecule has 0 aliphatic heterocycles. The summed E-state index contributed by atoms with van der Waals surface area (Å²) >= 11 is 5.36. The maximum absolute atomic E-state index is 13.6. The van der Waals surface area contributed by atoms with E-state index in [4.69, 9.17) is 25.8 Å². The summed E-state index contributed by atoms with van der Waals surface area (Å²) in [5.41, 5.74) is 2.81. The fourth-order valence-corrected chi connectivity index (χ4v) is 6.38. The SMILES string of the molecule is Cc1ccccc1OP(=O)(Oc1ccccc1)Oc1ccc(-c2cssc2=S)cc1. The fourth-order valence-electron chi connectivity index (χ4n) is 2.66. The average Bonchev–Trinajstić information content (AvgIpc) is 3.17. The molecule has 4 rings (SSSR count). The highest BCUT2D eigenvalue weighted by atomic mass is 32.9. The molecule has 4 nitrogen and oxygen atoms in total. The van der Waals surface area contributed by atoms with Gasteiger partial charge in [0, 0.05) is 10.9 Å². The normalized spacial score (nSPS) is 12.7. The van der Waals surface area contributed by atoms with E-state index in [1.807, 2.05) is 42.6 Å². The van der Waals surface area contributed by atoms with Crippen LogP contribution in [0.3, 0.4) is 0 Å². The van der Waals surface area contributed by atoms with Crippen molar-refractivity contribution in [3.63, 3.8) is 0 Å². The fraction of sp³-hybridized carbons (Fsp3) is 0.0455. The van der Waals surface area contributed by atoms with E-state index in [-0.39, 0.29) is 0 Å². The average molecular weight is 473 g/mol. The molecule has 0 N–H and O–H groups in total. The van der Waals surface area contributed by atoms with E-state index in [1.54, 1.807) is 69.2 Å². The first-order valence-electron chi connectivity index (χ1n) is 9.00. The molecule has 0 saturated heterocycles. The Balaban J connectivity index is 1.62. The van der Waals surface area contributed by atoms with Crippen LogP contribution in [0, 0.1) is 10.7 Å². The van der Waals surface area contributed by atoms with Gasteiger partial charge in [-0.3, -0.25) is 0 Å². The minimum atomic E-state index is -4.01. The number of aryl methyl sites for hydroxylation is 1. The second kappa shape index (κ2) is 9.14. The summed E-state index contributed by atoms with van der Waals surface area (Å²) in [5, 5.41) is 2.02. The Morgan fingerprint density at radius 1 is 0.800 bits per heavy atom. The molecule has 0 radical (unpaired) electrons. The lowest BCUT2D eigenvalue weighted by Crippen LogP contribution is -2.08. The maximum Gasteiger partial charge on any atom is 0.647 e. The summed E-state index contributed by atoms with van der Waals surface area (Å²) in [7, 11) is -0.854. The molecular formula is C22H17O4PS3. The minimum absolute atomic E-state index is 0.372. The third-order valence-corrected chi connectivity index (χ3v) is 8.11. The van der Waals surface area contributed by atoms with E-state index in [9.17, 15) is 4.57 Å². The number of rotatable bonds is 7. The first-order valence-corrected chi connectivity index (χ1v) is 13.1. The third kappa shape index (κ3) is 4.99. The molecule has 1 heterocycles. The molecule has 3 aromatic carbocycles. The van der Waals surface area contributed by atoms with Gasteiger partial charge in [0.05, 0.1) is 0 Å². The number of hydrogen-bond acceptors (Lipinski definition) is 7. The van der Waals surface area contributed by atoms with E-state index in [0.29, 0.717) is 17.2 Å². The molecule has 8 heteroatoms. The monoisotopic (exact) mass is 472 g/mol.